The molecular weight excluding hydrogens is 278 g/mol. The van der Waals surface area contributed by atoms with Gasteiger partial charge >= 0.3 is 0 Å². The van der Waals surface area contributed by atoms with Gasteiger partial charge in [-0.1, -0.05) is 20.8 Å². The standard InChI is InChI=1S/C15H18F2N2O2/c1-4-11-14(20)18-13(8(2)3)15(21)19(11)12-6-5-9(16)7-10(12)17/h5-8,11,13H,4H2,1-3H3,(H,18,20). The summed E-state index contributed by atoms with van der Waals surface area (Å²) in [6.45, 7) is 5.34. The maximum Gasteiger partial charge on any atom is 0.250 e. The van der Waals surface area contributed by atoms with Crippen LogP contribution in [0.25, 0.3) is 0 Å². The minimum absolute atomic E-state index is 0.0613. The summed E-state index contributed by atoms with van der Waals surface area (Å²) in [6, 6.07) is 1.50. The van der Waals surface area contributed by atoms with E-state index >= 15 is 0 Å². The lowest BCUT2D eigenvalue weighted by molar-refractivity contribution is -0.135. The average molecular weight is 296 g/mol. The van der Waals surface area contributed by atoms with Gasteiger partial charge in [0.1, 0.15) is 23.7 Å². The number of carbonyl (C=O) groups is 2. The van der Waals surface area contributed by atoms with E-state index in [1.807, 2.05) is 0 Å². The van der Waals surface area contributed by atoms with Gasteiger partial charge in [0.2, 0.25) is 5.91 Å². The highest BCUT2D eigenvalue weighted by Gasteiger charge is 2.42. The van der Waals surface area contributed by atoms with Crippen LogP contribution < -0.4 is 10.2 Å². The molecule has 0 aliphatic carbocycles. The Balaban J connectivity index is 2.49. The number of anilines is 1. The number of halogens is 2. The third-order valence-corrected chi connectivity index (χ3v) is 3.64. The molecule has 1 saturated heterocycles. The highest BCUT2D eigenvalue weighted by atomic mass is 19.1. The van der Waals surface area contributed by atoms with Gasteiger partial charge in [0.25, 0.3) is 5.91 Å². The Morgan fingerprint density at radius 3 is 2.48 bits per heavy atom. The van der Waals surface area contributed by atoms with Crippen molar-refractivity contribution in [3.8, 4) is 0 Å². The van der Waals surface area contributed by atoms with Gasteiger partial charge in [-0.15, -0.1) is 0 Å². The molecule has 1 aromatic carbocycles. The second-order valence-electron chi connectivity index (χ2n) is 5.46. The van der Waals surface area contributed by atoms with Gasteiger partial charge in [0, 0.05) is 6.07 Å². The fourth-order valence-electron chi connectivity index (χ4n) is 2.51. The SMILES string of the molecule is CCC1C(=O)NC(C(C)C)C(=O)N1c1ccc(F)cc1F. The normalized spacial score (nSPS) is 22.7. The smallest absolute Gasteiger partial charge is 0.250 e. The third kappa shape index (κ3) is 2.75. The maximum absolute atomic E-state index is 14.0. The van der Waals surface area contributed by atoms with Crippen molar-refractivity contribution in [1.29, 1.82) is 0 Å². The molecule has 1 fully saturated rings. The van der Waals surface area contributed by atoms with Gasteiger partial charge < -0.3 is 5.32 Å². The highest BCUT2D eigenvalue weighted by Crippen LogP contribution is 2.28. The van der Waals surface area contributed by atoms with Crippen molar-refractivity contribution in [1.82, 2.24) is 5.32 Å². The topological polar surface area (TPSA) is 49.4 Å². The summed E-state index contributed by atoms with van der Waals surface area (Å²) < 4.78 is 27.1. The van der Waals surface area contributed by atoms with Crippen LogP contribution in [0, 0.1) is 17.6 Å². The Morgan fingerprint density at radius 1 is 1.29 bits per heavy atom. The molecule has 0 spiro atoms. The van der Waals surface area contributed by atoms with Crippen molar-refractivity contribution in [2.24, 2.45) is 5.92 Å². The van der Waals surface area contributed by atoms with Crippen molar-refractivity contribution >= 4 is 17.5 Å². The predicted molar refractivity (Wildman–Crippen MR) is 74.7 cm³/mol. The lowest BCUT2D eigenvalue weighted by atomic mass is 9.96. The van der Waals surface area contributed by atoms with Crippen LogP contribution in [0.4, 0.5) is 14.5 Å². The minimum Gasteiger partial charge on any atom is -0.342 e. The van der Waals surface area contributed by atoms with Gasteiger partial charge in [0.15, 0.2) is 0 Å². The lowest BCUT2D eigenvalue weighted by Crippen LogP contribution is -2.65. The zero-order chi connectivity index (χ0) is 15.7. The first kappa shape index (κ1) is 15.4. The molecule has 0 aromatic heterocycles. The number of hydrogen-bond acceptors (Lipinski definition) is 2. The zero-order valence-corrected chi connectivity index (χ0v) is 12.2. The molecule has 0 radical (unpaired) electrons. The molecule has 0 saturated carbocycles. The van der Waals surface area contributed by atoms with Crippen LogP contribution in [0.1, 0.15) is 27.2 Å². The first-order chi connectivity index (χ1) is 9.86. The molecule has 1 aliphatic heterocycles. The summed E-state index contributed by atoms with van der Waals surface area (Å²) in [5.74, 6) is -2.38. The summed E-state index contributed by atoms with van der Waals surface area (Å²) in [6.07, 6.45) is 0.346. The summed E-state index contributed by atoms with van der Waals surface area (Å²) in [7, 11) is 0. The van der Waals surface area contributed by atoms with E-state index in [0.717, 1.165) is 11.0 Å². The number of nitrogens with one attached hydrogen (secondary N) is 1. The monoisotopic (exact) mass is 296 g/mol. The van der Waals surface area contributed by atoms with Crippen LogP contribution >= 0.6 is 0 Å². The number of rotatable bonds is 3. The van der Waals surface area contributed by atoms with Gasteiger partial charge in [-0.05, 0) is 24.5 Å². The van der Waals surface area contributed by atoms with E-state index in [-0.39, 0.29) is 23.4 Å². The van der Waals surface area contributed by atoms with Gasteiger partial charge in [-0.25, -0.2) is 8.78 Å². The predicted octanol–water partition coefficient (Wildman–Crippen LogP) is 2.23. The summed E-state index contributed by atoms with van der Waals surface area (Å²) in [4.78, 5) is 25.9. The Labute approximate surface area is 122 Å². The van der Waals surface area contributed by atoms with E-state index in [1.54, 1.807) is 20.8 Å². The Morgan fingerprint density at radius 2 is 1.95 bits per heavy atom. The van der Waals surface area contributed by atoms with E-state index in [9.17, 15) is 18.4 Å². The zero-order valence-electron chi connectivity index (χ0n) is 12.2. The van der Waals surface area contributed by atoms with Crippen LogP contribution in [0.3, 0.4) is 0 Å². The van der Waals surface area contributed by atoms with Crippen molar-refractivity contribution in [2.75, 3.05) is 4.90 Å². The fraction of sp³-hybridized carbons (Fsp3) is 0.467. The quantitative estimate of drug-likeness (QED) is 0.930. The minimum atomic E-state index is -0.848. The first-order valence-electron chi connectivity index (χ1n) is 6.95. The molecule has 1 heterocycles. The molecule has 21 heavy (non-hydrogen) atoms. The van der Waals surface area contributed by atoms with E-state index in [2.05, 4.69) is 5.32 Å². The largest absolute Gasteiger partial charge is 0.342 e. The Hall–Kier alpha value is -1.98. The van der Waals surface area contributed by atoms with Crippen LogP contribution in [0.2, 0.25) is 0 Å². The maximum atomic E-state index is 14.0. The van der Waals surface area contributed by atoms with Crippen molar-refractivity contribution < 1.29 is 18.4 Å². The second-order valence-corrected chi connectivity index (χ2v) is 5.46. The average Bonchev–Trinajstić information content (AvgIpc) is 2.41. The van der Waals surface area contributed by atoms with Crippen LogP contribution in [0.15, 0.2) is 18.2 Å². The molecule has 2 atom stereocenters. The summed E-state index contributed by atoms with van der Waals surface area (Å²) in [5.41, 5.74) is -0.0613. The van der Waals surface area contributed by atoms with Gasteiger partial charge in [-0.3, -0.25) is 14.5 Å². The number of amides is 2. The fourth-order valence-corrected chi connectivity index (χ4v) is 2.51. The van der Waals surface area contributed by atoms with Crippen molar-refractivity contribution in [3.63, 3.8) is 0 Å². The Bertz CT molecular complexity index is 575. The van der Waals surface area contributed by atoms with E-state index < -0.39 is 23.7 Å². The second kappa shape index (κ2) is 5.79. The van der Waals surface area contributed by atoms with E-state index in [1.165, 1.54) is 6.07 Å². The van der Waals surface area contributed by atoms with Gasteiger partial charge in [-0.2, -0.15) is 0 Å². The number of carbonyl (C=O) groups excluding carboxylic acids is 2. The number of piperazine rings is 1. The molecule has 6 heteroatoms. The van der Waals surface area contributed by atoms with Crippen LogP contribution in [-0.2, 0) is 9.59 Å². The van der Waals surface area contributed by atoms with E-state index in [4.69, 9.17) is 0 Å². The molecule has 1 aromatic rings. The first-order valence-corrected chi connectivity index (χ1v) is 6.95. The molecule has 1 N–H and O–H groups in total. The molecule has 2 amide bonds. The number of benzene rings is 1. The van der Waals surface area contributed by atoms with E-state index in [0.29, 0.717) is 12.5 Å². The molecule has 114 valence electrons. The molecule has 0 bridgehead atoms. The highest BCUT2D eigenvalue weighted by molar-refractivity contribution is 6.08. The van der Waals surface area contributed by atoms with Crippen molar-refractivity contribution in [3.05, 3.63) is 29.8 Å². The summed E-state index contributed by atoms with van der Waals surface area (Å²) >= 11 is 0. The number of nitrogens with zero attached hydrogens (tertiary/aromatic N) is 1. The Kier molecular flexibility index (Phi) is 4.25. The molecule has 2 unspecified atom stereocenters. The van der Waals surface area contributed by atoms with Crippen molar-refractivity contribution in [2.45, 2.75) is 39.3 Å². The molecule has 1 aliphatic rings. The number of hydrogen-bond donors (Lipinski definition) is 1. The van der Waals surface area contributed by atoms with Gasteiger partial charge in [0.05, 0.1) is 5.69 Å². The van der Waals surface area contributed by atoms with Crippen LogP contribution in [-0.4, -0.2) is 23.9 Å². The van der Waals surface area contributed by atoms with Crippen LogP contribution in [0.5, 0.6) is 0 Å². The third-order valence-electron chi connectivity index (χ3n) is 3.64. The molecular formula is C15H18F2N2O2. The molecule has 2 rings (SSSR count). The lowest BCUT2D eigenvalue weighted by Gasteiger charge is -2.40. The molecule has 4 nitrogen and oxygen atoms in total. The summed E-state index contributed by atoms with van der Waals surface area (Å²) in [5, 5.41) is 2.67.